The minimum absolute atomic E-state index is 0.877. The molecule has 5 heteroatoms. The van der Waals surface area contributed by atoms with Crippen LogP contribution in [0, 0.1) is 0 Å². The van der Waals surface area contributed by atoms with E-state index in [1.54, 1.807) is 6.33 Å². The van der Waals surface area contributed by atoms with Crippen LogP contribution in [0.1, 0.15) is 0 Å². The Morgan fingerprint density at radius 3 is 2.26 bits per heavy atom. The molecule has 0 unspecified atom stereocenters. The third kappa shape index (κ3) is 2.47. The fourth-order valence-corrected chi connectivity index (χ4v) is 5.42. The molecule has 4 aromatic heterocycles. The zero-order chi connectivity index (χ0) is 22.9. The highest BCUT2D eigenvalue weighted by Crippen LogP contribution is 2.40. The Morgan fingerprint density at radius 2 is 1.34 bits per heavy atom. The Morgan fingerprint density at radius 1 is 0.600 bits per heavy atom. The average Bonchev–Trinajstić information content (AvgIpc) is 3.56. The van der Waals surface area contributed by atoms with Crippen LogP contribution < -0.4 is 0 Å². The molecule has 0 aliphatic heterocycles. The predicted molar refractivity (Wildman–Crippen MR) is 140 cm³/mol. The summed E-state index contributed by atoms with van der Waals surface area (Å²) in [5.41, 5.74) is 8.04. The van der Waals surface area contributed by atoms with Crippen LogP contribution in [0.15, 0.2) is 114 Å². The second kappa shape index (κ2) is 6.81. The van der Waals surface area contributed by atoms with Gasteiger partial charge in [-0.25, -0.2) is 9.97 Å². The lowest BCUT2D eigenvalue weighted by Crippen LogP contribution is -2.01. The van der Waals surface area contributed by atoms with E-state index in [0.717, 1.165) is 60.9 Å². The quantitative estimate of drug-likeness (QED) is 0.275. The van der Waals surface area contributed by atoms with Gasteiger partial charge in [-0.1, -0.05) is 54.6 Å². The summed E-state index contributed by atoms with van der Waals surface area (Å²) in [7, 11) is 0. The Balaban J connectivity index is 1.58. The Bertz CT molecular complexity index is 2060. The summed E-state index contributed by atoms with van der Waals surface area (Å²) in [6.45, 7) is 0. The van der Waals surface area contributed by atoms with Gasteiger partial charge in [0, 0.05) is 27.5 Å². The van der Waals surface area contributed by atoms with Crippen molar-refractivity contribution in [2.24, 2.45) is 0 Å². The van der Waals surface area contributed by atoms with E-state index in [9.17, 15) is 0 Å². The monoisotopic (exact) mass is 450 g/mol. The van der Waals surface area contributed by atoms with Gasteiger partial charge in [0.2, 0.25) is 0 Å². The van der Waals surface area contributed by atoms with Crippen LogP contribution in [0.3, 0.4) is 0 Å². The summed E-state index contributed by atoms with van der Waals surface area (Å²) in [6, 6.07) is 33.6. The molecule has 8 aromatic rings. The van der Waals surface area contributed by atoms with Crippen molar-refractivity contribution in [3.05, 3.63) is 110 Å². The van der Waals surface area contributed by atoms with Crippen LogP contribution in [-0.4, -0.2) is 19.1 Å². The first-order valence-electron chi connectivity index (χ1n) is 11.6. The van der Waals surface area contributed by atoms with Crippen molar-refractivity contribution in [1.29, 1.82) is 0 Å². The molecule has 0 amide bonds. The number of aromatic nitrogens is 4. The summed E-state index contributed by atoms with van der Waals surface area (Å²) in [5, 5.41) is 4.49. The summed E-state index contributed by atoms with van der Waals surface area (Å²) in [4.78, 5) is 9.15. The van der Waals surface area contributed by atoms with Gasteiger partial charge in [0.05, 0.1) is 22.6 Å². The van der Waals surface area contributed by atoms with Crippen LogP contribution in [0.5, 0.6) is 0 Å². The minimum atomic E-state index is 0.877. The average molecular weight is 451 g/mol. The van der Waals surface area contributed by atoms with Crippen molar-refractivity contribution in [2.75, 3.05) is 0 Å². The molecule has 4 heterocycles. The molecule has 5 nitrogen and oxygen atoms in total. The van der Waals surface area contributed by atoms with Gasteiger partial charge in [-0.05, 0) is 42.5 Å². The van der Waals surface area contributed by atoms with Crippen LogP contribution in [0.4, 0.5) is 0 Å². The SMILES string of the molecule is c1ccc(-n2c3ccccc3c3c4ncncc4n(-c4ccc5oc6ccccc6c5c4)c32)cc1. The largest absolute Gasteiger partial charge is 0.456 e. The van der Waals surface area contributed by atoms with E-state index < -0.39 is 0 Å². The lowest BCUT2D eigenvalue weighted by molar-refractivity contribution is 0.669. The number of nitrogens with zero attached hydrogens (tertiary/aromatic N) is 4. The molecule has 0 aliphatic rings. The van der Waals surface area contributed by atoms with Crippen LogP contribution >= 0.6 is 0 Å². The zero-order valence-electron chi connectivity index (χ0n) is 18.6. The molecule has 8 rings (SSSR count). The highest BCUT2D eigenvalue weighted by Gasteiger charge is 2.23. The van der Waals surface area contributed by atoms with Gasteiger partial charge >= 0.3 is 0 Å². The molecular weight excluding hydrogens is 432 g/mol. The normalized spacial score (nSPS) is 12.0. The molecule has 0 N–H and O–H groups in total. The number of hydrogen-bond donors (Lipinski definition) is 0. The molecular formula is C30H18N4O. The van der Waals surface area contributed by atoms with E-state index in [1.807, 2.05) is 30.5 Å². The molecule has 35 heavy (non-hydrogen) atoms. The second-order valence-corrected chi connectivity index (χ2v) is 8.76. The predicted octanol–water partition coefficient (Wildman–Crippen LogP) is 7.42. The van der Waals surface area contributed by atoms with E-state index >= 15 is 0 Å². The second-order valence-electron chi connectivity index (χ2n) is 8.76. The van der Waals surface area contributed by atoms with Gasteiger partial charge in [0.1, 0.15) is 28.7 Å². The Kier molecular flexibility index (Phi) is 3.60. The number of rotatable bonds is 2. The minimum Gasteiger partial charge on any atom is -0.456 e. The van der Waals surface area contributed by atoms with Gasteiger partial charge in [-0.15, -0.1) is 0 Å². The summed E-state index contributed by atoms with van der Waals surface area (Å²) >= 11 is 0. The Labute approximate surface area is 199 Å². The lowest BCUT2D eigenvalue weighted by Gasteiger charge is -2.12. The maximum absolute atomic E-state index is 6.10. The third-order valence-electron chi connectivity index (χ3n) is 6.87. The molecule has 0 bridgehead atoms. The first-order chi connectivity index (χ1) is 17.4. The highest BCUT2D eigenvalue weighted by molar-refractivity contribution is 6.21. The first-order valence-corrected chi connectivity index (χ1v) is 11.6. The van der Waals surface area contributed by atoms with E-state index in [0.29, 0.717) is 0 Å². The lowest BCUT2D eigenvalue weighted by atomic mass is 10.1. The number of hydrogen-bond acceptors (Lipinski definition) is 3. The molecule has 0 fully saturated rings. The number of para-hydroxylation sites is 3. The summed E-state index contributed by atoms with van der Waals surface area (Å²) in [5.74, 6) is 0. The van der Waals surface area contributed by atoms with Crippen molar-refractivity contribution < 1.29 is 4.42 Å². The van der Waals surface area contributed by atoms with Crippen molar-refractivity contribution >= 4 is 54.9 Å². The van der Waals surface area contributed by atoms with Gasteiger partial charge in [0.15, 0.2) is 0 Å². The maximum atomic E-state index is 6.10. The third-order valence-corrected chi connectivity index (χ3v) is 6.87. The molecule has 0 aliphatic carbocycles. The maximum Gasteiger partial charge on any atom is 0.135 e. The fraction of sp³-hybridized carbons (Fsp3) is 0. The smallest absolute Gasteiger partial charge is 0.135 e. The molecule has 0 saturated heterocycles. The molecule has 0 saturated carbocycles. The molecule has 0 radical (unpaired) electrons. The van der Waals surface area contributed by atoms with Crippen LogP contribution in [-0.2, 0) is 0 Å². The summed E-state index contributed by atoms with van der Waals surface area (Å²) in [6.07, 6.45) is 3.54. The van der Waals surface area contributed by atoms with E-state index in [1.165, 1.54) is 5.39 Å². The van der Waals surface area contributed by atoms with Crippen molar-refractivity contribution in [3.8, 4) is 11.4 Å². The van der Waals surface area contributed by atoms with Crippen molar-refractivity contribution in [3.63, 3.8) is 0 Å². The molecule has 0 spiro atoms. The number of furan rings is 1. The Hall–Kier alpha value is -4.90. The van der Waals surface area contributed by atoms with Crippen molar-refractivity contribution in [2.45, 2.75) is 0 Å². The van der Waals surface area contributed by atoms with E-state index in [-0.39, 0.29) is 0 Å². The highest BCUT2D eigenvalue weighted by atomic mass is 16.3. The van der Waals surface area contributed by atoms with Gasteiger partial charge in [-0.3, -0.25) is 9.13 Å². The molecule has 4 aromatic carbocycles. The van der Waals surface area contributed by atoms with Crippen LogP contribution in [0.25, 0.3) is 66.3 Å². The first kappa shape index (κ1) is 18.5. The fourth-order valence-electron chi connectivity index (χ4n) is 5.42. The zero-order valence-corrected chi connectivity index (χ0v) is 18.6. The molecule has 164 valence electrons. The topological polar surface area (TPSA) is 48.8 Å². The van der Waals surface area contributed by atoms with Crippen molar-refractivity contribution in [1.82, 2.24) is 19.1 Å². The number of fused-ring (bicyclic) bond motifs is 8. The van der Waals surface area contributed by atoms with Crippen LogP contribution in [0.2, 0.25) is 0 Å². The number of benzene rings is 4. The summed E-state index contributed by atoms with van der Waals surface area (Å²) < 4.78 is 10.7. The van der Waals surface area contributed by atoms with Gasteiger partial charge in [-0.2, -0.15) is 0 Å². The van der Waals surface area contributed by atoms with E-state index in [4.69, 9.17) is 9.40 Å². The van der Waals surface area contributed by atoms with Gasteiger partial charge in [0.25, 0.3) is 0 Å². The van der Waals surface area contributed by atoms with Gasteiger partial charge < -0.3 is 4.42 Å². The standard InChI is InChI=1S/C30H18N4O/c1-2-8-19(9-3-1)33-24-12-6-4-11-22(24)28-29-25(17-31-18-32-29)34(30(28)33)20-14-15-27-23(16-20)21-10-5-7-13-26(21)35-27/h1-18H. The van der Waals surface area contributed by atoms with E-state index in [2.05, 4.69) is 86.9 Å². The molecule has 0 atom stereocenters.